The van der Waals surface area contributed by atoms with E-state index in [4.69, 9.17) is 16.3 Å². The van der Waals surface area contributed by atoms with E-state index in [-0.39, 0.29) is 0 Å². The highest BCUT2D eigenvalue weighted by Gasteiger charge is 2.06. The van der Waals surface area contributed by atoms with Crippen LogP contribution >= 0.6 is 11.6 Å². The van der Waals surface area contributed by atoms with Crippen molar-refractivity contribution in [1.82, 2.24) is 9.38 Å². The number of fused-ring (bicyclic) bond motifs is 1. The minimum Gasteiger partial charge on any atom is -0.485 e. The normalized spacial score (nSPS) is 10.7. The van der Waals surface area contributed by atoms with Gasteiger partial charge < -0.3 is 4.74 Å². The zero-order valence-electron chi connectivity index (χ0n) is 9.58. The maximum Gasteiger partial charge on any atom is 0.180 e. The SMILES string of the molecule is Clc1cnc2c(OCc3ccccc3)cccn12. The molecule has 18 heavy (non-hydrogen) atoms. The number of aromatic nitrogens is 2. The summed E-state index contributed by atoms with van der Waals surface area (Å²) < 4.78 is 7.57. The standard InChI is InChI=1S/C14H11ClN2O/c15-13-9-16-14-12(7-4-8-17(13)14)18-10-11-5-2-1-3-6-11/h1-9H,10H2. The van der Waals surface area contributed by atoms with Gasteiger partial charge in [0.15, 0.2) is 11.4 Å². The summed E-state index contributed by atoms with van der Waals surface area (Å²) in [5.41, 5.74) is 1.86. The second kappa shape index (κ2) is 4.70. The minimum absolute atomic E-state index is 0.519. The Kier molecular flexibility index (Phi) is 2.90. The van der Waals surface area contributed by atoms with Gasteiger partial charge in [0, 0.05) is 6.20 Å². The fourth-order valence-corrected chi connectivity index (χ4v) is 1.99. The number of imidazole rings is 1. The van der Waals surface area contributed by atoms with Crippen molar-refractivity contribution in [2.75, 3.05) is 0 Å². The van der Waals surface area contributed by atoms with Crippen molar-refractivity contribution in [3.05, 3.63) is 65.6 Å². The van der Waals surface area contributed by atoms with Gasteiger partial charge in [-0.3, -0.25) is 4.40 Å². The lowest BCUT2D eigenvalue weighted by molar-refractivity contribution is 0.308. The van der Waals surface area contributed by atoms with E-state index >= 15 is 0 Å². The van der Waals surface area contributed by atoms with E-state index in [9.17, 15) is 0 Å². The van der Waals surface area contributed by atoms with Gasteiger partial charge in [0.1, 0.15) is 11.8 Å². The first kappa shape index (κ1) is 11.1. The molecule has 0 amide bonds. The molecule has 0 fully saturated rings. The van der Waals surface area contributed by atoms with E-state index in [0.29, 0.717) is 11.8 Å². The van der Waals surface area contributed by atoms with Crippen molar-refractivity contribution in [3.63, 3.8) is 0 Å². The first-order valence-electron chi connectivity index (χ1n) is 5.63. The molecule has 2 aromatic heterocycles. The number of hydrogen-bond donors (Lipinski definition) is 0. The number of hydrogen-bond acceptors (Lipinski definition) is 2. The number of rotatable bonds is 3. The highest BCUT2D eigenvalue weighted by Crippen LogP contribution is 2.22. The van der Waals surface area contributed by atoms with Gasteiger partial charge in [-0.25, -0.2) is 4.98 Å². The van der Waals surface area contributed by atoms with Crippen LogP contribution in [-0.4, -0.2) is 9.38 Å². The average molecular weight is 259 g/mol. The largest absolute Gasteiger partial charge is 0.485 e. The minimum atomic E-state index is 0.519. The highest BCUT2D eigenvalue weighted by molar-refractivity contribution is 6.29. The third-order valence-electron chi connectivity index (χ3n) is 2.69. The predicted molar refractivity (Wildman–Crippen MR) is 71.0 cm³/mol. The monoisotopic (exact) mass is 258 g/mol. The van der Waals surface area contributed by atoms with E-state index in [2.05, 4.69) is 4.98 Å². The molecule has 0 radical (unpaired) electrons. The van der Waals surface area contributed by atoms with Crippen LogP contribution in [0.4, 0.5) is 0 Å². The predicted octanol–water partition coefficient (Wildman–Crippen LogP) is 3.57. The summed E-state index contributed by atoms with van der Waals surface area (Å²) in [7, 11) is 0. The van der Waals surface area contributed by atoms with Crippen LogP contribution in [0, 0.1) is 0 Å². The molecule has 0 saturated carbocycles. The van der Waals surface area contributed by atoms with Crippen LogP contribution in [0.5, 0.6) is 5.75 Å². The smallest absolute Gasteiger partial charge is 0.180 e. The summed E-state index contributed by atoms with van der Waals surface area (Å²) in [6, 6.07) is 13.8. The fourth-order valence-electron chi connectivity index (χ4n) is 1.80. The van der Waals surface area contributed by atoms with Crippen molar-refractivity contribution in [1.29, 1.82) is 0 Å². The molecule has 3 nitrogen and oxygen atoms in total. The number of ether oxygens (including phenoxy) is 1. The molecule has 2 heterocycles. The van der Waals surface area contributed by atoms with Crippen LogP contribution in [0.2, 0.25) is 5.15 Å². The Morgan fingerprint density at radius 3 is 2.78 bits per heavy atom. The first-order valence-corrected chi connectivity index (χ1v) is 6.01. The molecule has 0 bridgehead atoms. The summed E-state index contributed by atoms with van der Waals surface area (Å²) in [5, 5.41) is 0.579. The third kappa shape index (κ3) is 2.05. The molecule has 0 unspecified atom stereocenters. The molecule has 0 aliphatic carbocycles. The second-order valence-corrected chi connectivity index (χ2v) is 4.31. The van der Waals surface area contributed by atoms with Crippen molar-refractivity contribution >= 4 is 17.2 Å². The second-order valence-electron chi connectivity index (χ2n) is 3.92. The molecule has 90 valence electrons. The number of benzene rings is 1. The molecule has 0 saturated heterocycles. The van der Waals surface area contributed by atoms with Gasteiger partial charge in [-0.2, -0.15) is 0 Å². The average Bonchev–Trinajstić information content (AvgIpc) is 2.80. The molecule has 0 spiro atoms. The molecular formula is C14H11ClN2O. The summed E-state index contributed by atoms with van der Waals surface area (Å²) in [4.78, 5) is 4.24. The molecule has 0 N–H and O–H groups in total. The van der Waals surface area contributed by atoms with E-state index < -0.39 is 0 Å². The molecule has 1 aromatic carbocycles. The Bertz CT molecular complexity index is 664. The Morgan fingerprint density at radius 1 is 1.11 bits per heavy atom. The van der Waals surface area contributed by atoms with Crippen molar-refractivity contribution in [3.8, 4) is 5.75 Å². The van der Waals surface area contributed by atoms with Crippen LogP contribution in [0.25, 0.3) is 5.65 Å². The summed E-state index contributed by atoms with van der Waals surface area (Å²) in [6.45, 7) is 0.519. The van der Waals surface area contributed by atoms with Crippen LogP contribution in [0.3, 0.4) is 0 Å². The van der Waals surface area contributed by atoms with E-state index in [1.165, 1.54) is 0 Å². The van der Waals surface area contributed by atoms with Gasteiger partial charge in [0.05, 0.1) is 6.20 Å². The van der Waals surface area contributed by atoms with Gasteiger partial charge in [-0.1, -0.05) is 41.9 Å². The third-order valence-corrected chi connectivity index (χ3v) is 2.97. The van der Waals surface area contributed by atoms with Gasteiger partial charge in [0.25, 0.3) is 0 Å². The zero-order valence-corrected chi connectivity index (χ0v) is 10.3. The molecular weight excluding hydrogens is 248 g/mol. The van der Waals surface area contributed by atoms with Crippen LogP contribution in [0.15, 0.2) is 54.9 Å². The lowest BCUT2D eigenvalue weighted by atomic mass is 10.2. The quantitative estimate of drug-likeness (QED) is 0.718. The van der Waals surface area contributed by atoms with Crippen molar-refractivity contribution in [2.45, 2.75) is 6.61 Å². The maximum absolute atomic E-state index is 6.01. The van der Waals surface area contributed by atoms with E-state index in [1.807, 2.05) is 48.7 Å². The lowest BCUT2D eigenvalue weighted by Gasteiger charge is -2.07. The Morgan fingerprint density at radius 2 is 1.94 bits per heavy atom. The van der Waals surface area contributed by atoms with E-state index in [1.54, 1.807) is 10.6 Å². The Balaban J connectivity index is 1.87. The maximum atomic E-state index is 6.01. The molecule has 0 aliphatic rings. The van der Waals surface area contributed by atoms with Gasteiger partial charge >= 0.3 is 0 Å². The van der Waals surface area contributed by atoms with Crippen LogP contribution in [-0.2, 0) is 6.61 Å². The molecule has 3 rings (SSSR count). The Labute approximate surface area is 110 Å². The lowest BCUT2D eigenvalue weighted by Crippen LogP contribution is -1.97. The van der Waals surface area contributed by atoms with Crippen LogP contribution in [0.1, 0.15) is 5.56 Å². The zero-order chi connectivity index (χ0) is 12.4. The highest BCUT2D eigenvalue weighted by atomic mass is 35.5. The molecule has 3 aromatic rings. The Hall–Kier alpha value is -2.00. The molecule has 0 aliphatic heterocycles. The summed E-state index contributed by atoms with van der Waals surface area (Å²) in [6.07, 6.45) is 3.48. The molecule has 0 atom stereocenters. The number of nitrogens with zero attached hydrogens (tertiary/aromatic N) is 2. The van der Waals surface area contributed by atoms with E-state index in [0.717, 1.165) is 17.0 Å². The number of halogens is 1. The van der Waals surface area contributed by atoms with Gasteiger partial charge in [-0.15, -0.1) is 0 Å². The number of pyridine rings is 1. The van der Waals surface area contributed by atoms with Gasteiger partial charge in [0.2, 0.25) is 0 Å². The summed E-state index contributed by atoms with van der Waals surface area (Å²) >= 11 is 6.01. The first-order chi connectivity index (χ1) is 8.84. The van der Waals surface area contributed by atoms with Crippen molar-refractivity contribution < 1.29 is 4.74 Å². The topological polar surface area (TPSA) is 26.5 Å². The van der Waals surface area contributed by atoms with Crippen LogP contribution < -0.4 is 4.74 Å². The summed E-state index contributed by atoms with van der Waals surface area (Å²) in [5.74, 6) is 0.730. The fraction of sp³-hybridized carbons (Fsp3) is 0.0714. The molecule has 4 heteroatoms. The van der Waals surface area contributed by atoms with Crippen molar-refractivity contribution in [2.24, 2.45) is 0 Å². The van der Waals surface area contributed by atoms with Gasteiger partial charge in [-0.05, 0) is 17.7 Å².